The summed E-state index contributed by atoms with van der Waals surface area (Å²) in [6.07, 6.45) is 4.19. The fraction of sp³-hybridized carbons (Fsp3) is 0.111. The molecule has 1 unspecified atom stereocenters. The van der Waals surface area contributed by atoms with E-state index in [1.807, 2.05) is 29.1 Å². The van der Waals surface area contributed by atoms with Crippen LogP contribution in [0.2, 0.25) is 0 Å². The minimum Gasteiger partial charge on any atom is -0.324 e. The van der Waals surface area contributed by atoms with Crippen molar-refractivity contribution in [2.24, 2.45) is 0 Å². The predicted molar refractivity (Wildman–Crippen MR) is 102 cm³/mol. The summed E-state index contributed by atoms with van der Waals surface area (Å²) in [4.78, 5) is 4.59. The summed E-state index contributed by atoms with van der Waals surface area (Å²) in [5, 5.41) is 8.80. The molecule has 0 radical (unpaired) electrons. The van der Waals surface area contributed by atoms with Gasteiger partial charge in [-0.15, -0.1) is 5.10 Å². The van der Waals surface area contributed by atoms with Gasteiger partial charge in [-0.2, -0.15) is 4.98 Å². The molecule has 4 nitrogen and oxygen atoms in total. The van der Waals surface area contributed by atoms with Gasteiger partial charge in [0.15, 0.2) is 0 Å². The molecule has 24 heavy (non-hydrogen) atoms. The van der Waals surface area contributed by atoms with Crippen LogP contribution in [-0.4, -0.2) is 21.0 Å². The Labute approximate surface area is 153 Å². The van der Waals surface area contributed by atoms with Crippen LogP contribution in [0.1, 0.15) is 17.2 Å². The zero-order valence-corrected chi connectivity index (χ0v) is 15.4. The zero-order valence-electron chi connectivity index (χ0n) is 13.0. The molecule has 0 saturated heterocycles. The van der Waals surface area contributed by atoms with Gasteiger partial charge in [-0.25, -0.2) is 4.68 Å². The van der Waals surface area contributed by atoms with Gasteiger partial charge in [0.2, 0.25) is 11.1 Å². The fourth-order valence-corrected chi connectivity index (χ4v) is 3.36. The second-order valence-corrected chi connectivity index (χ2v) is 7.12. The van der Waals surface area contributed by atoms with Crippen molar-refractivity contribution in [2.45, 2.75) is 11.2 Å². The lowest BCUT2D eigenvalue weighted by Gasteiger charge is -2.24. The van der Waals surface area contributed by atoms with E-state index in [0.29, 0.717) is 0 Å². The van der Waals surface area contributed by atoms with Gasteiger partial charge in [0.25, 0.3) is 0 Å². The summed E-state index contributed by atoms with van der Waals surface area (Å²) in [5.74, 6) is 0.772. The van der Waals surface area contributed by atoms with E-state index < -0.39 is 0 Å². The number of rotatable bonds is 3. The number of allylic oxidation sites excluding steroid dienone is 1. The van der Waals surface area contributed by atoms with Gasteiger partial charge in [-0.1, -0.05) is 70.2 Å². The van der Waals surface area contributed by atoms with Crippen LogP contribution >= 0.6 is 27.7 Å². The van der Waals surface area contributed by atoms with E-state index in [2.05, 4.69) is 73.8 Å². The first-order valence-corrected chi connectivity index (χ1v) is 9.56. The Morgan fingerprint density at radius 2 is 1.83 bits per heavy atom. The third kappa shape index (κ3) is 2.87. The van der Waals surface area contributed by atoms with E-state index in [1.54, 1.807) is 11.8 Å². The first kappa shape index (κ1) is 15.5. The van der Waals surface area contributed by atoms with Crippen LogP contribution in [0, 0.1) is 0 Å². The normalized spacial score (nSPS) is 16.2. The molecule has 0 aliphatic carbocycles. The summed E-state index contributed by atoms with van der Waals surface area (Å²) in [6, 6.07) is 18.7. The molecule has 0 fully saturated rings. The lowest BCUT2D eigenvalue weighted by Crippen LogP contribution is -2.20. The largest absolute Gasteiger partial charge is 0.324 e. The van der Waals surface area contributed by atoms with Crippen LogP contribution < -0.4 is 5.32 Å². The highest BCUT2D eigenvalue weighted by atomic mass is 79.9. The number of fused-ring (bicyclic) bond motifs is 1. The molecular weight excluding hydrogens is 384 g/mol. The zero-order chi connectivity index (χ0) is 16.5. The number of benzene rings is 2. The topological polar surface area (TPSA) is 42.7 Å². The third-order valence-electron chi connectivity index (χ3n) is 3.93. The van der Waals surface area contributed by atoms with Gasteiger partial charge in [0, 0.05) is 10.2 Å². The van der Waals surface area contributed by atoms with Gasteiger partial charge in [0.05, 0.1) is 0 Å². The predicted octanol–water partition coefficient (Wildman–Crippen LogP) is 4.82. The molecule has 2 heterocycles. The maximum atomic E-state index is 4.62. The maximum Gasteiger partial charge on any atom is 0.227 e. The number of aromatic nitrogens is 3. The second-order valence-electron chi connectivity index (χ2n) is 5.43. The van der Waals surface area contributed by atoms with Crippen molar-refractivity contribution in [1.29, 1.82) is 0 Å². The number of hydrogen-bond donors (Lipinski definition) is 1. The van der Waals surface area contributed by atoms with E-state index in [4.69, 9.17) is 0 Å². The van der Waals surface area contributed by atoms with Crippen LogP contribution in [0.25, 0.3) is 5.70 Å². The van der Waals surface area contributed by atoms with Crippen LogP contribution in [-0.2, 0) is 0 Å². The van der Waals surface area contributed by atoms with E-state index in [9.17, 15) is 0 Å². The highest BCUT2D eigenvalue weighted by Gasteiger charge is 2.24. The number of hydrogen-bond acceptors (Lipinski definition) is 4. The monoisotopic (exact) mass is 398 g/mol. The number of halogens is 1. The molecule has 1 aliphatic rings. The van der Waals surface area contributed by atoms with Crippen molar-refractivity contribution in [2.75, 3.05) is 11.6 Å². The van der Waals surface area contributed by atoms with E-state index in [0.717, 1.165) is 26.8 Å². The summed E-state index contributed by atoms with van der Waals surface area (Å²) in [5.41, 5.74) is 3.36. The molecule has 0 spiro atoms. The Bertz CT molecular complexity index is 887. The van der Waals surface area contributed by atoms with Crippen LogP contribution in [0.5, 0.6) is 0 Å². The Balaban J connectivity index is 1.82. The number of nitrogens with one attached hydrogen (secondary N) is 1. The van der Waals surface area contributed by atoms with Gasteiger partial charge in [-0.05, 0) is 35.6 Å². The Kier molecular flexibility index (Phi) is 4.16. The Morgan fingerprint density at radius 3 is 2.54 bits per heavy atom. The highest BCUT2D eigenvalue weighted by molar-refractivity contribution is 9.10. The third-order valence-corrected chi connectivity index (χ3v) is 4.99. The van der Waals surface area contributed by atoms with Crippen LogP contribution in [0.4, 0.5) is 5.95 Å². The van der Waals surface area contributed by atoms with Crippen molar-refractivity contribution in [1.82, 2.24) is 14.8 Å². The smallest absolute Gasteiger partial charge is 0.227 e. The number of anilines is 1. The number of thioether (sulfide) groups is 1. The minimum absolute atomic E-state index is 0.0227. The lowest BCUT2D eigenvalue weighted by molar-refractivity contribution is 0.598. The van der Waals surface area contributed by atoms with Crippen molar-refractivity contribution < 1.29 is 0 Å². The highest BCUT2D eigenvalue weighted by Crippen LogP contribution is 2.33. The Morgan fingerprint density at radius 1 is 1.08 bits per heavy atom. The molecular formula is C18H15BrN4S. The molecule has 3 aromatic rings. The van der Waals surface area contributed by atoms with Gasteiger partial charge in [0.1, 0.15) is 6.04 Å². The average Bonchev–Trinajstić information content (AvgIpc) is 3.05. The standard InChI is InChI=1S/C18H15BrN4S/c1-24-18-21-17-20-15(12-7-9-14(19)10-8-12)11-16(23(17)22-18)13-5-3-2-4-6-13/h2-11,16H,1H3,(H,20,21,22). The Hall–Kier alpha value is -2.05. The summed E-state index contributed by atoms with van der Waals surface area (Å²) in [7, 11) is 0. The fourth-order valence-electron chi connectivity index (χ4n) is 2.75. The molecule has 0 bridgehead atoms. The molecule has 6 heteroatoms. The quantitative estimate of drug-likeness (QED) is 0.642. The van der Waals surface area contributed by atoms with Crippen molar-refractivity contribution >= 4 is 39.3 Å². The molecule has 4 rings (SSSR count). The molecule has 2 aromatic carbocycles. The second kappa shape index (κ2) is 6.45. The van der Waals surface area contributed by atoms with Gasteiger partial charge >= 0.3 is 0 Å². The number of nitrogens with zero attached hydrogens (tertiary/aromatic N) is 3. The van der Waals surface area contributed by atoms with Crippen molar-refractivity contribution in [3.63, 3.8) is 0 Å². The summed E-state index contributed by atoms with van der Waals surface area (Å²) in [6.45, 7) is 0. The van der Waals surface area contributed by atoms with E-state index >= 15 is 0 Å². The molecule has 1 aromatic heterocycles. The molecule has 1 aliphatic heterocycles. The summed E-state index contributed by atoms with van der Waals surface area (Å²) < 4.78 is 3.01. The minimum atomic E-state index is 0.0227. The molecule has 0 amide bonds. The van der Waals surface area contributed by atoms with E-state index in [-0.39, 0.29) is 6.04 Å². The molecule has 1 N–H and O–H groups in total. The van der Waals surface area contributed by atoms with Gasteiger partial charge in [-0.3, -0.25) is 0 Å². The SMILES string of the molecule is CSc1nc2n(n1)C(c1ccccc1)C=C(c1ccc(Br)cc1)N2. The first-order chi connectivity index (χ1) is 11.7. The van der Waals surface area contributed by atoms with Gasteiger partial charge < -0.3 is 5.32 Å². The average molecular weight is 399 g/mol. The molecule has 120 valence electrons. The van der Waals surface area contributed by atoms with Crippen LogP contribution in [0.3, 0.4) is 0 Å². The lowest BCUT2D eigenvalue weighted by atomic mass is 10.0. The van der Waals surface area contributed by atoms with Crippen molar-refractivity contribution in [3.05, 3.63) is 76.3 Å². The van der Waals surface area contributed by atoms with Crippen LogP contribution in [0.15, 0.2) is 70.3 Å². The molecule has 1 atom stereocenters. The van der Waals surface area contributed by atoms with Crippen molar-refractivity contribution in [3.8, 4) is 0 Å². The molecule has 0 saturated carbocycles. The summed E-state index contributed by atoms with van der Waals surface area (Å²) >= 11 is 5.03. The maximum absolute atomic E-state index is 4.62. The first-order valence-electron chi connectivity index (χ1n) is 7.55. The van der Waals surface area contributed by atoms with E-state index in [1.165, 1.54) is 5.56 Å².